The monoisotopic (exact) mass is 687 g/mol. The van der Waals surface area contributed by atoms with E-state index in [1.54, 1.807) is 20.8 Å². The third kappa shape index (κ3) is 9.58. The SMILES string of the molecule is CC(C)(C)OC(=O)N/C(=N\C(=O)O)N1C[C@H](O)C[C@H]1c1nc(-c2ccc(OCCCc3ccc(C(F)(F)F)cc3)c(C(F)(F)F)c2)no1. The van der Waals surface area contributed by atoms with Gasteiger partial charge in [-0.05, 0) is 69.5 Å². The normalized spacial score (nSPS) is 17.4. The van der Waals surface area contributed by atoms with Gasteiger partial charge in [0.25, 0.3) is 0 Å². The Morgan fingerprint density at radius 2 is 1.75 bits per heavy atom. The molecule has 2 heterocycles. The van der Waals surface area contributed by atoms with E-state index in [9.17, 15) is 46.1 Å². The fourth-order valence-corrected chi connectivity index (χ4v) is 4.75. The van der Waals surface area contributed by atoms with E-state index in [0.29, 0.717) is 5.56 Å². The van der Waals surface area contributed by atoms with Gasteiger partial charge in [0.1, 0.15) is 17.4 Å². The number of aliphatic hydroxyl groups excluding tert-OH is 1. The van der Waals surface area contributed by atoms with Crippen molar-refractivity contribution in [2.45, 2.75) is 70.1 Å². The van der Waals surface area contributed by atoms with Crippen LogP contribution in [0.15, 0.2) is 52.0 Å². The lowest BCUT2D eigenvalue weighted by Crippen LogP contribution is -2.46. The second kappa shape index (κ2) is 14.1. The molecule has 3 N–H and O–H groups in total. The minimum absolute atomic E-state index is 0.0800. The predicted octanol–water partition coefficient (Wildman–Crippen LogP) is 6.45. The number of hydrogen-bond acceptors (Lipinski definition) is 8. The quantitative estimate of drug-likeness (QED) is 0.109. The van der Waals surface area contributed by atoms with Gasteiger partial charge in [-0.3, -0.25) is 5.32 Å². The molecule has 1 fully saturated rings. The van der Waals surface area contributed by atoms with Gasteiger partial charge in [-0.25, -0.2) is 9.59 Å². The smallest absolute Gasteiger partial charge is 0.434 e. The lowest BCUT2D eigenvalue weighted by atomic mass is 10.1. The van der Waals surface area contributed by atoms with Crippen LogP contribution in [0.4, 0.5) is 35.9 Å². The van der Waals surface area contributed by atoms with E-state index in [0.717, 1.165) is 24.3 Å². The second-order valence-electron chi connectivity index (χ2n) is 11.7. The first-order valence-electron chi connectivity index (χ1n) is 14.4. The van der Waals surface area contributed by atoms with E-state index in [4.69, 9.17) is 14.0 Å². The van der Waals surface area contributed by atoms with Crippen LogP contribution in [-0.4, -0.2) is 68.3 Å². The lowest BCUT2D eigenvalue weighted by molar-refractivity contribution is -0.139. The zero-order chi connectivity index (χ0) is 35.4. The van der Waals surface area contributed by atoms with Crippen LogP contribution in [0.5, 0.6) is 5.75 Å². The van der Waals surface area contributed by atoms with Crippen LogP contribution in [0.2, 0.25) is 0 Å². The van der Waals surface area contributed by atoms with Gasteiger partial charge in [0.2, 0.25) is 17.7 Å². The van der Waals surface area contributed by atoms with E-state index >= 15 is 0 Å². The van der Waals surface area contributed by atoms with Gasteiger partial charge in [-0.15, -0.1) is 4.99 Å². The summed E-state index contributed by atoms with van der Waals surface area (Å²) in [7, 11) is 0. The number of benzene rings is 2. The second-order valence-corrected chi connectivity index (χ2v) is 11.7. The number of amides is 2. The van der Waals surface area contributed by atoms with Crippen molar-refractivity contribution in [1.29, 1.82) is 0 Å². The van der Waals surface area contributed by atoms with Gasteiger partial charge in [-0.2, -0.15) is 31.3 Å². The van der Waals surface area contributed by atoms with Crippen LogP contribution >= 0.6 is 0 Å². The molecule has 2 aromatic carbocycles. The fourth-order valence-electron chi connectivity index (χ4n) is 4.75. The van der Waals surface area contributed by atoms with Gasteiger partial charge in [0.15, 0.2) is 0 Å². The van der Waals surface area contributed by atoms with Crippen LogP contribution in [0.25, 0.3) is 11.4 Å². The minimum atomic E-state index is -4.85. The Morgan fingerprint density at radius 3 is 2.35 bits per heavy atom. The van der Waals surface area contributed by atoms with Crippen LogP contribution < -0.4 is 10.1 Å². The van der Waals surface area contributed by atoms with Gasteiger partial charge in [-0.1, -0.05) is 17.3 Å². The number of likely N-dealkylation sites (tertiary alicyclic amines) is 1. The summed E-state index contributed by atoms with van der Waals surface area (Å²) >= 11 is 0. The summed E-state index contributed by atoms with van der Waals surface area (Å²) in [5.74, 6) is -1.46. The van der Waals surface area contributed by atoms with Crippen molar-refractivity contribution >= 4 is 18.1 Å². The molecule has 1 aromatic heterocycles. The number of aryl methyl sites for hydroxylation is 1. The van der Waals surface area contributed by atoms with E-state index in [2.05, 4.69) is 20.4 Å². The van der Waals surface area contributed by atoms with E-state index in [1.807, 2.05) is 0 Å². The molecule has 12 nitrogen and oxygen atoms in total. The third-order valence-corrected chi connectivity index (χ3v) is 6.78. The largest absolute Gasteiger partial charge is 0.493 e. The number of nitrogens with zero attached hydrogens (tertiary/aromatic N) is 4. The number of hydrogen-bond donors (Lipinski definition) is 3. The Hall–Kier alpha value is -4.87. The standard InChI is InChI=1S/C30H31F6N5O7/c1-28(2,3)47-27(45)39-25(38-26(43)44)41-15-19(42)14-21(41)24-37-23(40-48-24)17-8-11-22(20(13-17)30(34,35)36)46-12-4-5-16-6-9-18(10-7-16)29(31,32)33/h6-11,13,19,21,42H,4-5,12,14-15H2,1-3H3,(H,43,44)(H,38,39,45)/t19-,21+/m1/s1. The van der Waals surface area contributed by atoms with Gasteiger partial charge in [0.05, 0.1) is 23.8 Å². The molecule has 2 atom stereocenters. The highest BCUT2D eigenvalue weighted by Crippen LogP contribution is 2.39. The maximum Gasteiger partial charge on any atom is 0.434 e. The number of guanidine groups is 1. The summed E-state index contributed by atoms with van der Waals surface area (Å²) in [4.78, 5) is 32.5. The van der Waals surface area contributed by atoms with E-state index in [-0.39, 0.29) is 49.7 Å². The number of alkyl carbamates (subject to hydrolysis) is 1. The number of aliphatic imine (C=N–C) groups is 1. The predicted molar refractivity (Wildman–Crippen MR) is 155 cm³/mol. The summed E-state index contributed by atoms with van der Waals surface area (Å²) in [6, 6.07) is 6.50. The Morgan fingerprint density at radius 1 is 1.06 bits per heavy atom. The number of aliphatic hydroxyl groups is 1. The molecule has 3 aromatic rings. The summed E-state index contributed by atoms with van der Waals surface area (Å²) in [6.45, 7) is 4.37. The number of rotatable bonds is 7. The maximum absolute atomic E-state index is 14.0. The van der Waals surface area contributed by atoms with Crippen molar-refractivity contribution in [1.82, 2.24) is 20.4 Å². The Balaban J connectivity index is 1.49. The first kappa shape index (κ1) is 36.0. The summed E-state index contributed by atoms with van der Waals surface area (Å²) in [5, 5.41) is 25.6. The number of ether oxygens (including phenoxy) is 2. The fraction of sp³-hybridized carbons (Fsp3) is 0.433. The van der Waals surface area contributed by atoms with Gasteiger partial charge < -0.3 is 29.1 Å². The summed E-state index contributed by atoms with van der Waals surface area (Å²) in [6.07, 6.45) is -12.7. The Kier molecular flexibility index (Phi) is 10.6. The molecule has 1 aliphatic heterocycles. The molecular weight excluding hydrogens is 656 g/mol. The average molecular weight is 688 g/mol. The van der Waals surface area contributed by atoms with Crippen LogP contribution in [-0.2, 0) is 23.5 Å². The van der Waals surface area contributed by atoms with Crippen molar-refractivity contribution in [3.63, 3.8) is 0 Å². The van der Waals surface area contributed by atoms with Crippen molar-refractivity contribution in [2.75, 3.05) is 13.2 Å². The number of β-amino-alcohol motifs (C(OH)–C–C–N with tert-alkyl or cyclic N) is 1. The van der Waals surface area contributed by atoms with Gasteiger partial charge in [0, 0.05) is 18.5 Å². The highest BCUT2D eigenvalue weighted by atomic mass is 19.4. The molecule has 0 aliphatic carbocycles. The molecule has 0 bridgehead atoms. The number of aromatic nitrogens is 2. The van der Waals surface area contributed by atoms with Crippen molar-refractivity contribution < 1.29 is 60.1 Å². The van der Waals surface area contributed by atoms with Crippen LogP contribution in [0.3, 0.4) is 0 Å². The topological polar surface area (TPSA) is 160 Å². The van der Waals surface area contributed by atoms with E-state index < -0.39 is 65.1 Å². The molecular formula is C30H31F6N5O7. The average Bonchev–Trinajstić information content (AvgIpc) is 3.60. The van der Waals surface area contributed by atoms with Gasteiger partial charge >= 0.3 is 24.5 Å². The Labute approximate surface area is 269 Å². The number of carbonyl (C=O) groups excluding carboxylic acids is 1. The molecule has 48 heavy (non-hydrogen) atoms. The molecule has 0 radical (unpaired) electrons. The molecule has 2 amide bonds. The van der Waals surface area contributed by atoms with Crippen LogP contribution in [0, 0.1) is 0 Å². The van der Waals surface area contributed by atoms with Crippen molar-refractivity contribution in [3.05, 3.63) is 65.0 Å². The van der Waals surface area contributed by atoms with Crippen LogP contribution in [0.1, 0.15) is 62.2 Å². The molecule has 0 spiro atoms. The molecule has 1 saturated heterocycles. The number of carboxylic acid groups (broad SMARTS) is 1. The molecule has 260 valence electrons. The minimum Gasteiger partial charge on any atom is -0.493 e. The highest BCUT2D eigenvalue weighted by Gasteiger charge is 2.40. The number of carbonyl (C=O) groups is 2. The number of halogens is 6. The third-order valence-electron chi connectivity index (χ3n) is 6.78. The molecule has 4 rings (SSSR count). The highest BCUT2D eigenvalue weighted by molar-refractivity contribution is 5.98. The summed E-state index contributed by atoms with van der Waals surface area (Å²) in [5.41, 5.74) is -2.44. The maximum atomic E-state index is 14.0. The first-order chi connectivity index (χ1) is 22.3. The molecule has 18 heteroatoms. The lowest BCUT2D eigenvalue weighted by Gasteiger charge is -2.26. The number of nitrogens with one attached hydrogen (secondary N) is 1. The molecule has 0 saturated carbocycles. The first-order valence-corrected chi connectivity index (χ1v) is 14.4. The van der Waals surface area contributed by atoms with E-state index in [1.165, 1.54) is 23.1 Å². The zero-order valence-electron chi connectivity index (χ0n) is 25.7. The van der Waals surface area contributed by atoms with Crippen molar-refractivity contribution in [2.24, 2.45) is 4.99 Å². The molecule has 0 unspecified atom stereocenters. The molecule has 1 aliphatic rings. The van der Waals surface area contributed by atoms with Crippen molar-refractivity contribution in [3.8, 4) is 17.1 Å². The summed E-state index contributed by atoms with van der Waals surface area (Å²) < 4.78 is 96.2. The zero-order valence-corrected chi connectivity index (χ0v) is 25.7. The Bertz CT molecular complexity index is 1630. The number of alkyl halides is 6.